The minimum absolute atomic E-state index is 1.24. The van der Waals surface area contributed by atoms with Crippen molar-refractivity contribution >= 4 is 76.6 Å². The highest BCUT2D eigenvalue weighted by atomic mass is 27.1. The van der Waals surface area contributed by atoms with Crippen LogP contribution in [0.25, 0.3) is 43.6 Å². The van der Waals surface area contributed by atoms with Crippen molar-refractivity contribution < 1.29 is 0 Å². The summed E-state index contributed by atoms with van der Waals surface area (Å²) in [5.74, 6) is 0. The van der Waals surface area contributed by atoms with Crippen LogP contribution in [0.1, 0.15) is 0 Å². The molecule has 0 spiro atoms. The number of fused-ring (bicyclic) bond motifs is 6. The normalized spacial score (nSPS) is 12.0. The number of benzene rings is 3. The third-order valence-corrected chi connectivity index (χ3v) is 5.65. The van der Waals surface area contributed by atoms with E-state index in [9.17, 15) is 0 Å². The molecule has 5 rings (SSSR count). The average Bonchev–Trinajstić information content (AvgIpc) is 3.01. The van der Waals surface area contributed by atoms with Gasteiger partial charge in [0, 0.05) is 43.6 Å². The third-order valence-electron chi connectivity index (χ3n) is 4.54. The summed E-state index contributed by atoms with van der Waals surface area (Å²) in [5, 5.41) is 5.21. The Morgan fingerprint density at radius 3 is 1.45 bits per heavy atom. The first-order valence-electron chi connectivity index (χ1n) is 7.22. The molecule has 0 saturated carbocycles. The third kappa shape index (κ3) is 1.51. The highest BCUT2D eigenvalue weighted by Crippen LogP contribution is 2.35. The SMILES string of the molecule is [Al][n]1c2ccccc2c2cc3c4ccccc4[n]([Al])c3cc21. The Balaban J connectivity index is 2.11. The van der Waals surface area contributed by atoms with Crippen molar-refractivity contribution in [3.05, 3.63) is 60.7 Å². The zero-order valence-corrected chi connectivity index (χ0v) is 14.1. The van der Waals surface area contributed by atoms with Crippen molar-refractivity contribution in [1.82, 2.24) is 7.10 Å². The zero-order valence-electron chi connectivity index (χ0n) is 11.8. The molecule has 0 unspecified atom stereocenters. The van der Waals surface area contributed by atoms with Crippen molar-refractivity contribution in [3.63, 3.8) is 0 Å². The van der Waals surface area contributed by atoms with E-state index in [0.29, 0.717) is 0 Å². The fourth-order valence-corrected chi connectivity index (χ4v) is 4.37. The summed E-state index contributed by atoms with van der Waals surface area (Å²) in [4.78, 5) is 0. The van der Waals surface area contributed by atoms with Crippen molar-refractivity contribution in [2.45, 2.75) is 0 Å². The van der Waals surface area contributed by atoms with E-state index in [1.807, 2.05) is 0 Å². The lowest BCUT2D eigenvalue weighted by molar-refractivity contribution is 1.37. The number of hydrogen-bond donors (Lipinski definition) is 0. The molecule has 4 heteroatoms. The van der Waals surface area contributed by atoms with E-state index in [2.05, 4.69) is 101 Å². The van der Waals surface area contributed by atoms with Gasteiger partial charge in [0.15, 0.2) is 0 Å². The molecule has 0 aliphatic rings. The van der Waals surface area contributed by atoms with Crippen LogP contribution in [-0.2, 0) is 0 Å². The zero-order chi connectivity index (χ0) is 14.8. The summed E-state index contributed by atoms with van der Waals surface area (Å²) in [6.07, 6.45) is 0. The molecule has 0 bridgehead atoms. The lowest BCUT2D eigenvalue weighted by Gasteiger charge is -2.03. The van der Waals surface area contributed by atoms with Gasteiger partial charge in [0.05, 0.1) is 0 Å². The maximum absolute atomic E-state index is 2.84. The standard InChI is InChI=1S/C18H10N2.2Al/c1-3-7-15-11(5-1)13-9-14-12-6-2-4-8-16(12)20-18(14)10-17(13)19-15;;/h1-10H;;/q-2;2*+1. The molecule has 98 valence electrons. The van der Waals surface area contributed by atoms with Gasteiger partial charge in [-0.3, -0.25) is 0 Å². The van der Waals surface area contributed by atoms with E-state index < -0.39 is 0 Å². The molecule has 4 radical (unpaired) electrons. The van der Waals surface area contributed by atoms with Crippen LogP contribution in [0.4, 0.5) is 0 Å². The van der Waals surface area contributed by atoms with E-state index in [4.69, 9.17) is 0 Å². The van der Waals surface area contributed by atoms with Crippen LogP contribution in [0.15, 0.2) is 60.7 Å². The molecule has 2 nitrogen and oxygen atoms in total. The van der Waals surface area contributed by atoms with Crippen LogP contribution in [0.5, 0.6) is 0 Å². The van der Waals surface area contributed by atoms with E-state index in [0.717, 1.165) is 0 Å². The molecule has 0 fully saturated rings. The number of hydrogen-bond acceptors (Lipinski definition) is 0. The van der Waals surface area contributed by atoms with Gasteiger partial charge in [-0.15, -0.1) is 0 Å². The van der Waals surface area contributed by atoms with Crippen molar-refractivity contribution in [3.8, 4) is 0 Å². The van der Waals surface area contributed by atoms with Gasteiger partial charge in [0.1, 0.15) is 0 Å². The summed E-state index contributed by atoms with van der Waals surface area (Å²) in [6, 6.07) is 21.7. The van der Waals surface area contributed by atoms with Crippen LogP contribution < -0.4 is 0 Å². The van der Waals surface area contributed by atoms with Crippen LogP contribution >= 0.6 is 0 Å². The molecule has 22 heavy (non-hydrogen) atoms. The average molecular weight is 308 g/mol. The van der Waals surface area contributed by atoms with Crippen LogP contribution in [-0.4, -0.2) is 40.1 Å². The van der Waals surface area contributed by atoms with E-state index in [-0.39, 0.29) is 0 Å². The molecule has 2 heterocycles. The van der Waals surface area contributed by atoms with Gasteiger partial charge in [0.2, 0.25) is 0 Å². The Bertz CT molecular complexity index is 1110. The monoisotopic (exact) mass is 308 g/mol. The fraction of sp³-hybridized carbons (Fsp3) is 0. The molecule has 3 aromatic carbocycles. The van der Waals surface area contributed by atoms with E-state index in [1.54, 1.807) is 0 Å². The molecular formula is C18H10Al2N2. The minimum Gasteiger partial charge on any atom is -0.452 e. The first-order valence-corrected chi connectivity index (χ1v) is 8.25. The van der Waals surface area contributed by atoms with Gasteiger partial charge >= 0.3 is 33.0 Å². The van der Waals surface area contributed by atoms with Gasteiger partial charge in [-0.2, -0.15) is 0 Å². The van der Waals surface area contributed by atoms with Crippen LogP contribution in [0.2, 0.25) is 0 Å². The predicted molar refractivity (Wildman–Crippen MR) is 94.8 cm³/mol. The maximum atomic E-state index is 2.84. The molecule has 2 aromatic heterocycles. The first-order chi connectivity index (χ1) is 10.8. The van der Waals surface area contributed by atoms with Crippen molar-refractivity contribution in [1.29, 1.82) is 0 Å². The second-order valence-electron chi connectivity index (χ2n) is 5.66. The molecule has 0 aliphatic carbocycles. The Morgan fingerprint density at radius 2 is 0.955 bits per heavy atom. The summed E-state index contributed by atoms with van der Waals surface area (Å²) >= 11 is 5.68. The quantitative estimate of drug-likeness (QED) is 0.385. The topological polar surface area (TPSA) is 9.86 Å². The van der Waals surface area contributed by atoms with Gasteiger partial charge in [0.25, 0.3) is 0 Å². The van der Waals surface area contributed by atoms with Crippen molar-refractivity contribution in [2.24, 2.45) is 0 Å². The highest BCUT2D eigenvalue weighted by molar-refractivity contribution is 6.27. The molecule has 0 amide bonds. The lowest BCUT2D eigenvalue weighted by atomic mass is 10.1. The number of nitrogens with zero attached hydrogens (tertiary/aromatic N) is 2. The van der Waals surface area contributed by atoms with Gasteiger partial charge in [-0.05, 0) is 24.3 Å². The van der Waals surface area contributed by atoms with Crippen LogP contribution in [0, 0.1) is 0 Å². The minimum atomic E-state index is 1.24. The number of rotatable bonds is 0. The lowest BCUT2D eigenvalue weighted by Crippen LogP contribution is -1.92. The first kappa shape index (κ1) is 12.8. The predicted octanol–water partition coefficient (Wildman–Crippen LogP) is 3.77. The Hall–Kier alpha value is -1.68. The van der Waals surface area contributed by atoms with Gasteiger partial charge < -0.3 is 7.10 Å². The second kappa shape index (κ2) is 4.42. The fourth-order valence-electron chi connectivity index (χ4n) is 3.49. The number of aromatic nitrogens is 2. The summed E-state index contributed by atoms with van der Waals surface area (Å²) in [7, 11) is 0. The molecule has 0 aliphatic heterocycles. The maximum Gasteiger partial charge on any atom is 0.318 e. The molecular weight excluding hydrogens is 298 g/mol. The highest BCUT2D eigenvalue weighted by Gasteiger charge is 2.12. The largest absolute Gasteiger partial charge is 0.452 e. The van der Waals surface area contributed by atoms with E-state index in [1.165, 1.54) is 43.6 Å². The number of para-hydroxylation sites is 2. The summed E-state index contributed by atoms with van der Waals surface area (Å²) in [6.45, 7) is 0. The van der Waals surface area contributed by atoms with Gasteiger partial charge in [-0.1, -0.05) is 36.4 Å². The van der Waals surface area contributed by atoms with Crippen LogP contribution in [0.3, 0.4) is 0 Å². The molecule has 0 atom stereocenters. The Labute approximate surface area is 144 Å². The Morgan fingerprint density at radius 1 is 0.500 bits per heavy atom. The summed E-state index contributed by atoms with van der Waals surface area (Å²) < 4.78 is 4.40. The molecule has 0 saturated heterocycles. The van der Waals surface area contributed by atoms with Crippen molar-refractivity contribution in [2.75, 3.05) is 0 Å². The smallest absolute Gasteiger partial charge is 0.318 e. The van der Waals surface area contributed by atoms with Gasteiger partial charge in [-0.25, -0.2) is 0 Å². The van der Waals surface area contributed by atoms with E-state index >= 15 is 0 Å². The Kier molecular flexibility index (Phi) is 2.58. The molecule has 0 N–H and O–H groups in total. The summed E-state index contributed by atoms with van der Waals surface area (Å²) in [5.41, 5.74) is 4.97. The molecule has 5 aromatic rings. The second-order valence-corrected chi connectivity index (χ2v) is 6.69.